The van der Waals surface area contributed by atoms with Crippen molar-refractivity contribution < 1.29 is 14.2 Å². The monoisotopic (exact) mass is 339 g/mol. The predicted octanol–water partition coefficient (Wildman–Crippen LogP) is 3.83. The molecule has 1 aliphatic carbocycles. The van der Waals surface area contributed by atoms with Gasteiger partial charge in [0.1, 0.15) is 0 Å². The molecule has 4 nitrogen and oxygen atoms in total. The number of nitrogens with zero attached hydrogens (tertiary/aromatic N) is 1. The van der Waals surface area contributed by atoms with E-state index in [1.54, 1.807) is 0 Å². The van der Waals surface area contributed by atoms with E-state index in [1.165, 1.54) is 12.8 Å². The first kappa shape index (κ1) is 18.6. The Morgan fingerprint density at radius 3 is 2.17 bits per heavy atom. The van der Waals surface area contributed by atoms with E-state index in [2.05, 4.69) is 46.4 Å². The molecule has 2 heterocycles. The second-order valence-corrected chi connectivity index (χ2v) is 9.47. The van der Waals surface area contributed by atoms with Crippen molar-refractivity contribution >= 4 is 0 Å². The van der Waals surface area contributed by atoms with Crippen molar-refractivity contribution in [3.8, 4) is 0 Å². The molecule has 140 valence electrons. The third-order valence-corrected chi connectivity index (χ3v) is 6.41. The largest absolute Gasteiger partial charge is 0.373 e. The Kier molecular flexibility index (Phi) is 5.33. The van der Waals surface area contributed by atoms with Crippen molar-refractivity contribution in [2.75, 3.05) is 19.7 Å². The van der Waals surface area contributed by atoms with Gasteiger partial charge in [-0.25, -0.2) is 0 Å². The summed E-state index contributed by atoms with van der Waals surface area (Å²) in [6.07, 6.45) is 5.33. The molecule has 3 rings (SSSR count). The van der Waals surface area contributed by atoms with Gasteiger partial charge < -0.3 is 14.2 Å². The van der Waals surface area contributed by atoms with Crippen LogP contribution in [0.1, 0.15) is 67.2 Å². The van der Waals surface area contributed by atoms with Crippen LogP contribution in [-0.2, 0) is 14.2 Å². The van der Waals surface area contributed by atoms with Crippen LogP contribution in [0.2, 0.25) is 0 Å². The normalized spacial score (nSPS) is 43.2. The quantitative estimate of drug-likeness (QED) is 0.765. The molecule has 0 radical (unpaired) electrons. The number of hydrogen-bond acceptors (Lipinski definition) is 4. The van der Waals surface area contributed by atoms with E-state index >= 15 is 0 Å². The molecule has 0 aromatic carbocycles. The fourth-order valence-electron chi connectivity index (χ4n) is 4.79. The molecule has 1 saturated carbocycles. The van der Waals surface area contributed by atoms with Crippen molar-refractivity contribution in [1.29, 1.82) is 0 Å². The third-order valence-electron chi connectivity index (χ3n) is 6.41. The molecule has 4 atom stereocenters. The first-order chi connectivity index (χ1) is 11.2. The molecule has 24 heavy (non-hydrogen) atoms. The lowest BCUT2D eigenvalue weighted by atomic mass is 9.71. The summed E-state index contributed by atoms with van der Waals surface area (Å²) in [4.78, 5) is 2.52. The number of hydrogen-bond donors (Lipinski definition) is 0. The highest BCUT2D eigenvalue weighted by Gasteiger charge is 2.48. The average molecular weight is 340 g/mol. The van der Waals surface area contributed by atoms with Gasteiger partial charge in [0.25, 0.3) is 0 Å². The minimum Gasteiger partial charge on any atom is -0.373 e. The fraction of sp³-hybridized carbons (Fsp3) is 1.00. The van der Waals surface area contributed by atoms with Gasteiger partial charge in [-0.3, -0.25) is 4.90 Å². The highest BCUT2D eigenvalue weighted by Crippen LogP contribution is 2.46. The van der Waals surface area contributed by atoms with Crippen LogP contribution < -0.4 is 0 Å². The molecule has 2 saturated heterocycles. The van der Waals surface area contributed by atoms with Crippen LogP contribution in [-0.4, -0.2) is 54.7 Å². The van der Waals surface area contributed by atoms with Gasteiger partial charge in [0.05, 0.1) is 24.9 Å². The summed E-state index contributed by atoms with van der Waals surface area (Å²) in [5, 5.41) is 0. The van der Waals surface area contributed by atoms with Crippen LogP contribution in [0, 0.1) is 11.3 Å². The molecule has 4 unspecified atom stereocenters. The molecule has 0 amide bonds. The van der Waals surface area contributed by atoms with Crippen molar-refractivity contribution in [2.24, 2.45) is 11.3 Å². The number of ether oxygens (including phenoxy) is 3. The van der Waals surface area contributed by atoms with Crippen molar-refractivity contribution in [1.82, 2.24) is 4.90 Å². The van der Waals surface area contributed by atoms with E-state index in [9.17, 15) is 0 Å². The van der Waals surface area contributed by atoms with Gasteiger partial charge in [0.2, 0.25) is 0 Å². The Morgan fingerprint density at radius 1 is 1.04 bits per heavy atom. The Bertz CT molecular complexity index is 415. The van der Waals surface area contributed by atoms with E-state index in [4.69, 9.17) is 14.2 Å². The zero-order chi connectivity index (χ0) is 17.5. The van der Waals surface area contributed by atoms with Crippen LogP contribution in [0.5, 0.6) is 0 Å². The van der Waals surface area contributed by atoms with Crippen LogP contribution in [0.3, 0.4) is 0 Å². The molecule has 0 N–H and O–H groups in total. The third kappa shape index (κ3) is 3.98. The lowest BCUT2D eigenvalue weighted by molar-refractivity contribution is -0.203. The van der Waals surface area contributed by atoms with Gasteiger partial charge in [-0.1, -0.05) is 20.8 Å². The van der Waals surface area contributed by atoms with E-state index in [0.717, 1.165) is 38.5 Å². The molecule has 3 fully saturated rings. The number of rotatable bonds is 2. The molecule has 1 spiro atoms. The Labute approximate surface area is 148 Å². The van der Waals surface area contributed by atoms with Crippen LogP contribution >= 0.6 is 0 Å². The molecular weight excluding hydrogens is 302 g/mol. The van der Waals surface area contributed by atoms with Crippen LogP contribution in [0.25, 0.3) is 0 Å². The lowest BCUT2D eigenvalue weighted by Gasteiger charge is -2.42. The Hall–Kier alpha value is -0.160. The van der Waals surface area contributed by atoms with Gasteiger partial charge in [0, 0.05) is 32.0 Å². The maximum Gasteiger partial charge on any atom is 0.169 e. The summed E-state index contributed by atoms with van der Waals surface area (Å²) in [5.74, 6) is 0.484. The lowest BCUT2D eigenvalue weighted by Crippen LogP contribution is -2.53. The van der Waals surface area contributed by atoms with Gasteiger partial charge >= 0.3 is 0 Å². The van der Waals surface area contributed by atoms with Crippen LogP contribution in [0.15, 0.2) is 0 Å². The van der Waals surface area contributed by atoms with E-state index in [-0.39, 0.29) is 11.9 Å². The first-order valence-electron chi connectivity index (χ1n) is 9.90. The molecule has 0 bridgehead atoms. The smallest absolute Gasteiger partial charge is 0.169 e. The summed E-state index contributed by atoms with van der Waals surface area (Å²) in [6.45, 7) is 16.4. The second kappa shape index (κ2) is 6.86. The van der Waals surface area contributed by atoms with E-state index in [0.29, 0.717) is 23.7 Å². The topological polar surface area (TPSA) is 30.9 Å². The van der Waals surface area contributed by atoms with Crippen LogP contribution in [0.4, 0.5) is 0 Å². The Morgan fingerprint density at radius 2 is 1.62 bits per heavy atom. The zero-order valence-electron chi connectivity index (χ0n) is 16.5. The highest BCUT2D eigenvalue weighted by atomic mass is 16.7. The highest BCUT2D eigenvalue weighted by molar-refractivity contribution is 4.92. The summed E-state index contributed by atoms with van der Waals surface area (Å²) in [5.41, 5.74) is 0.396. The summed E-state index contributed by atoms with van der Waals surface area (Å²) in [7, 11) is 0. The standard InChI is InChI=1S/C20H37NO3/c1-14-11-21(12-15(2)23-14)16(3)18-13-22-20(24-18)9-7-17(8-10-20)19(4,5)6/h14-18H,7-13H2,1-6H3. The van der Waals surface area contributed by atoms with Gasteiger partial charge in [-0.2, -0.15) is 0 Å². The van der Waals surface area contributed by atoms with E-state index < -0.39 is 0 Å². The summed E-state index contributed by atoms with van der Waals surface area (Å²) >= 11 is 0. The zero-order valence-corrected chi connectivity index (χ0v) is 16.5. The van der Waals surface area contributed by atoms with Crippen molar-refractivity contribution in [2.45, 2.75) is 97.4 Å². The maximum absolute atomic E-state index is 6.53. The van der Waals surface area contributed by atoms with Crippen molar-refractivity contribution in [3.63, 3.8) is 0 Å². The van der Waals surface area contributed by atoms with Gasteiger partial charge in [0.15, 0.2) is 5.79 Å². The van der Waals surface area contributed by atoms with Gasteiger partial charge in [-0.15, -0.1) is 0 Å². The molecule has 4 heteroatoms. The summed E-state index contributed by atoms with van der Waals surface area (Å²) < 4.78 is 18.6. The minimum absolute atomic E-state index is 0.189. The SMILES string of the molecule is CC1CN(C(C)C2COC3(CCC(C(C)(C)C)CC3)O2)CC(C)O1. The van der Waals surface area contributed by atoms with Gasteiger partial charge in [-0.05, 0) is 44.9 Å². The van der Waals surface area contributed by atoms with E-state index in [1.807, 2.05) is 0 Å². The molecule has 0 aromatic heterocycles. The second-order valence-electron chi connectivity index (χ2n) is 9.47. The number of morpholine rings is 1. The molecule has 3 aliphatic rings. The molecular formula is C20H37NO3. The Balaban J connectivity index is 1.55. The minimum atomic E-state index is -0.301. The first-order valence-corrected chi connectivity index (χ1v) is 9.90. The maximum atomic E-state index is 6.53. The average Bonchev–Trinajstić information content (AvgIpc) is 2.89. The molecule has 0 aromatic rings. The van der Waals surface area contributed by atoms with Crippen molar-refractivity contribution in [3.05, 3.63) is 0 Å². The fourth-order valence-corrected chi connectivity index (χ4v) is 4.79. The summed E-state index contributed by atoms with van der Waals surface area (Å²) in [6, 6.07) is 0.388. The molecule has 2 aliphatic heterocycles. The predicted molar refractivity (Wildman–Crippen MR) is 96.0 cm³/mol.